The molecular weight excluding hydrogens is 254 g/mol. The van der Waals surface area contributed by atoms with Crippen molar-refractivity contribution in [3.63, 3.8) is 0 Å². The predicted molar refractivity (Wildman–Crippen MR) is 80.6 cm³/mol. The van der Waals surface area contributed by atoms with E-state index in [1.165, 1.54) is 16.7 Å². The fraction of sp³-hybridized carbons (Fsp3) is 0.294. The maximum atomic E-state index is 6.35. The summed E-state index contributed by atoms with van der Waals surface area (Å²) >= 11 is 6.09. The van der Waals surface area contributed by atoms with Crippen molar-refractivity contribution in [2.45, 2.75) is 31.2 Å². The van der Waals surface area contributed by atoms with Gasteiger partial charge in [0.1, 0.15) is 0 Å². The van der Waals surface area contributed by atoms with Gasteiger partial charge in [-0.05, 0) is 48.1 Å². The molecule has 0 spiro atoms. The van der Waals surface area contributed by atoms with E-state index in [4.69, 9.17) is 17.3 Å². The molecule has 2 N–H and O–H groups in total. The van der Waals surface area contributed by atoms with Crippen LogP contribution in [0, 0.1) is 0 Å². The average Bonchev–Trinajstić information content (AvgIpc) is 2.43. The van der Waals surface area contributed by atoms with Crippen LogP contribution < -0.4 is 5.73 Å². The predicted octanol–water partition coefficient (Wildman–Crippen LogP) is 3.94. The average molecular weight is 272 g/mol. The number of benzene rings is 2. The van der Waals surface area contributed by atoms with Crippen molar-refractivity contribution in [1.29, 1.82) is 0 Å². The monoisotopic (exact) mass is 271 g/mol. The molecule has 0 aromatic heterocycles. The maximum absolute atomic E-state index is 6.35. The summed E-state index contributed by atoms with van der Waals surface area (Å²) < 4.78 is 0. The molecule has 0 amide bonds. The molecule has 0 saturated heterocycles. The smallest absolute Gasteiger partial charge is 0.0408 e. The molecule has 0 heterocycles. The SMILES string of the molecule is N[C@@H]1CCc2cc(Cl)ccc2[C@@H]1Cc1ccccc1. The summed E-state index contributed by atoms with van der Waals surface area (Å²) in [6.07, 6.45) is 3.10. The summed E-state index contributed by atoms with van der Waals surface area (Å²) in [6, 6.07) is 17.1. The molecule has 19 heavy (non-hydrogen) atoms. The van der Waals surface area contributed by atoms with Crippen LogP contribution >= 0.6 is 11.6 Å². The van der Waals surface area contributed by atoms with Crippen molar-refractivity contribution in [2.24, 2.45) is 5.73 Å². The Morgan fingerprint density at radius 3 is 2.68 bits per heavy atom. The number of nitrogens with two attached hydrogens (primary N) is 1. The Bertz CT molecular complexity index is 565. The van der Waals surface area contributed by atoms with Crippen molar-refractivity contribution in [1.82, 2.24) is 0 Å². The topological polar surface area (TPSA) is 26.0 Å². The lowest BCUT2D eigenvalue weighted by Gasteiger charge is -2.31. The maximum Gasteiger partial charge on any atom is 0.0408 e. The first-order valence-electron chi connectivity index (χ1n) is 6.82. The molecular formula is C17H18ClN. The van der Waals surface area contributed by atoms with E-state index in [-0.39, 0.29) is 6.04 Å². The molecule has 2 aromatic rings. The summed E-state index contributed by atoms with van der Waals surface area (Å²) in [7, 11) is 0. The van der Waals surface area contributed by atoms with Gasteiger partial charge in [0, 0.05) is 17.0 Å². The van der Waals surface area contributed by atoms with Gasteiger partial charge in [-0.2, -0.15) is 0 Å². The molecule has 0 aliphatic heterocycles. The van der Waals surface area contributed by atoms with Crippen LogP contribution in [0.1, 0.15) is 29.0 Å². The van der Waals surface area contributed by atoms with Crippen LogP contribution in [-0.4, -0.2) is 6.04 Å². The van der Waals surface area contributed by atoms with Crippen molar-refractivity contribution in [3.8, 4) is 0 Å². The lowest BCUT2D eigenvalue weighted by molar-refractivity contribution is 0.467. The highest BCUT2D eigenvalue weighted by Gasteiger charge is 2.27. The van der Waals surface area contributed by atoms with Crippen molar-refractivity contribution >= 4 is 11.6 Å². The van der Waals surface area contributed by atoms with Crippen LogP contribution in [0.25, 0.3) is 0 Å². The van der Waals surface area contributed by atoms with Gasteiger partial charge in [-0.1, -0.05) is 48.0 Å². The van der Waals surface area contributed by atoms with Crippen molar-refractivity contribution in [3.05, 3.63) is 70.2 Å². The number of rotatable bonds is 2. The first-order chi connectivity index (χ1) is 9.24. The number of hydrogen-bond acceptors (Lipinski definition) is 1. The Balaban J connectivity index is 1.93. The van der Waals surface area contributed by atoms with E-state index in [1.807, 2.05) is 6.07 Å². The van der Waals surface area contributed by atoms with Crippen LogP contribution in [0.2, 0.25) is 5.02 Å². The summed E-state index contributed by atoms with van der Waals surface area (Å²) in [5.74, 6) is 0.406. The molecule has 1 aliphatic carbocycles. The molecule has 2 atom stereocenters. The zero-order valence-corrected chi connectivity index (χ0v) is 11.6. The Kier molecular flexibility index (Phi) is 3.58. The van der Waals surface area contributed by atoms with Gasteiger partial charge < -0.3 is 5.73 Å². The Morgan fingerprint density at radius 2 is 1.89 bits per heavy atom. The lowest BCUT2D eigenvalue weighted by Crippen LogP contribution is -2.34. The molecule has 2 heteroatoms. The molecule has 0 saturated carbocycles. The lowest BCUT2D eigenvalue weighted by atomic mass is 9.76. The van der Waals surface area contributed by atoms with E-state index < -0.39 is 0 Å². The van der Waals surface area contributed by atoms with Gasteiger partial charge in [0.25, 0.3) is 0 Å². The van der Waals surface area contributed by atoms with Crippen LogP contribution in [0.4, 0.5) is 0 Å². The fourth-order valence-electron chi connectivity index (χ4n) is 3.04. The summed E-state index contributed by atoms with van der Waals surface area (Å²) in [5.41, 5.74) is 10.5. The minimum absolute atomic E-state index is 0.244. The van der Waals surface area contributed by atoms with E-state index in [0.29, 0.717) is 5.92 Å². The first kappa shape index (κ1) is 12.7. The van der Waals surface area contributed by atoms with Gasteiger partial charge in [0.15, 0.2) is 0 Å². The molecule has 98 valence electrons. The largest absolute Gasteiger partial charge is 0.327 e. The van der Waals surface area contributed by atoms with Crippen LogP contribution in [0.3, 0.4) is 0 Å². The number of hydrogen-bond donors (Lipinski definition) is 1. The quantitative estimate of drug-likeness (QED) is 0.880. The van der Waals surface area contributed by atoms with E-state index in [1.54, 1.807) is 0 Å². The van der Waals surface area contributed by atoms with Crippen molar-refractivity contribution < 1.29 is 0 Å². The second kappa shape index (κ2) is 5.36. The summed E-state index contributed by atoms with van der Waals surface area (Å²) in [4.78, 5) is 0. The molecule has 0 bridgehead atoms. The van der Waals surface area contributed by atoms with E-state index in [2.05, 4.69) is 42.5 Å². The van der Waals surface area contributed by atoms with Crippen LogP contribution in [0.15, 0.2) is 48.5 Å². The fourth-order valence-corrected chi connectivity index (χ4v) is 3.23. The third-order valence-electron chi connectivity index (χ3n) is 4.07. The first-order valence-corrected chi connectivity index (χ1v) is 7.19. The Morgan fingerprint density at radius 1 is 1.11 bits per heavy atom. The number of aryl methyl sites for hydroxylation is 1. The minimum atomic E-state index is 0.244. The van der Waals surface area contributed by atoms with Gasteiger partial charge in [0.05, 0.1) is 0 Å². The van der Waals surface area contributed by atoms with E-state index >= 15 is 0 Å². The Labute approximate surface area is 119 Å². The summed E-state index contributed by atoms with van der Waals surface area (Å²) in [5, 5.41) is 0.827. The second-order valence-corrected chi connectivity index (χ2v) is 5.78. The second-order valence-electron chi connectivity index (χ2n) is 5.34. The van der Waals surface area contributed by atoms with E-state index in [0.717, 1.165) is 24.3 Å². The molecule has 0 unspecified atom stereocenters. The number of fused-ring (bicyclic) bond motifs is 1. The highest BCUT2D eigenvalue weighted by atomic mass is 35.5. The molecule has 1 aliphatic rings. The minimum Gasteiger partial charge on any atom is -0.327 e. The zero-order valence-electron chi connectivity index (χ0n) is 10.9. The van der Waals surface area contributed by atoms with Crippen LogP contribution in [0.5, 0.6) is 0 Å². The van der Waals surface area contributed by atoms with Gasteiger partial charge in [-0.3, -0.25) is 0 Å². The van der Waals surface area contributed by atoms with Gasteiger partial charge in [-0.25, -0.2) is 0 Å². The zero-order chi connectivity index (χ0) is 13.2. The third kappa shape index (κ3) is 2.68. The molecule has 0 fully saturated rings. The summed E-state index contributed by atoms with van der Waals surface area (Å²) in [6.45, 7) is 0. The van der Waals surface area contributed by atoms with Gasteiger partial charge >= 0.3 is 0 Å². The number of halogens is 1. The molecule has 1 nitrogen and oxygen atoms in total. The standard InChI is InChI=1S/C17H18ClN/c18-14-7-8-15-13(11-14)6-9-17(19)16(15)10-12-4-2-1-3-5-12/h1-5,7-8,11,16-17H,6,9-10,19H2/t16-,17+/m0/s1. The van der Waals surface area contributed by atoms with Crippen molar-refractivity contribution in [2.75, 3.05) is 0 Å². The highest BCUT2D eigenvalue weighted by Crippen LogP contribution is 2.34. The van der Waals surface area contributed by atoms with Crippen LogP contribution in [-0.2, 0) is 12.8 Å². The highest BCUT2D eigenvalue weighted by molar-refractivity contribution is 6.30. The van der Waals surface area contributed by atoms with Gasteiger partial charge in [0.2, 0.25) is 0 Å². The molecule has 2 aromatic carbocycles. The normalized spacial score (nSPS) is 22.0. The molecule has 3 rings (SSSR count). The van der Waals surface area contributed by atoms with Gasteiger partial charge in [-0.15, -0.1) is 0 Å². The Hall–Kier alpha value is -1.31. The third-order valence-corrected chi connectivity index (χ3v) is 4.30. The molecule has 0 radical (unpaired) electrons. The van der Waals surface area contributed by atoms with E-state index in [9.17, 15) is 0 Å².